The van der Waals surface area contributed by atoms with E-state index in [1.165, 1.54) is 44.9 Å². The van der Waals surface area contributed by atoms with Crippen LogP contribution in [0.3, 0.4) is 0 Å². The molecule has 3 heteroatoms. The summed E-state index contributed by atoms with van der Waals surface area (Å²) in [6.45, 7) is 3.05. The number of rotatable bonds is 9. The highest BCUT2D eigenvalue weighted by Gasteiger charge is 1.95. The molecule has 1 heterocycles. The molecule has 3 nitrogen and oxygen atoms in total. The van der Waals surface area contributed by atoms with E-state index in [0.717, 1.165) is 13.0 Å². The summed E-state index contributed by atoms with van der Waals surface area (Å²) in [6, 6.07) is 1.81. The zero-order valence-electron chi connectivity index (χ0n) is 10.9. The van der Waals surface area contributed by atoms with Crippen molar-refractivity contribution in [2.75, 3.05) is 0 Å². The van der Waals surface area contributed by atoms with E-state index >= 15 is 0 Å². The van der Waals surface area contributed by atoms with Crippen LogP contribution in [-0.4, -0.2) is 9.55 Å². The molecule has 0 aliphatic carbocycles. The van der Waals surface area contributed by atoms with Gasteiger partial charge < -0.3 is 0 Å². The van der Waals surface area contributed by atoms with Crippen LogP contribution in [-0.2, 0) is 6.54 Å². The molecule has 0 spiro atoms. The fraction of sp³-hybridized carbons (Fsp3) is 0.714. The summed E-state index contributed by atoms with van der Waals surface area (Å²) in [5.74, 6) is 0. The normalized spacial score (nSPS) is 10.6. The van der Waals surface area contributed by atoms with Gasteiger partial charge in [-0.05, 0) is 12.5 Å². The Morgan fingerprint density at radius 2 is 1.71 bits per heavy atom. The van der Waals surface area contributed by atoms with Gasteiger partial charge in [-0.1, -0.05) is 51.9 Å². The molecule has 17 heavy (non-hydrogen) atoms. The minimum absolute atomic E-state index is 0.129. The third-order valence-corrected chi connectivity index (χ3v) is 3.04. The Balaban J connectivity index is 2.01. The van der Waals surface area contributed by atoms with E-state index in [1.807, 2.05) is 12.3 Å². The van der Waals surface area contributed by atoms with Crippen molar-refractivity contribution in [3.8, 4) is 0 Å². The number of hydrogen-bond acceptors (Lipinski definition) is 2. The first-order valence-corrected chi connectivity index (χ1v) is 6.86. The molecule has 0 unspecified atom stereocenters. The average Bonchev–Trinajstić information content (AvgIpc) is 2.35. The Kier molecular flexibility index (Phi) is 7.35. The largest absolute Gasteiger partial charge is 0.347 e. The highest BCUT2D eigenvalue weighted by molar-refractivity contribution is 4.80. The summed E-state index contributed by atoms with van der Waals surface area (Å²) < 4.78 is 1.69. The molecule has 96 valence electrons. The molecular weight excluding hydrogens is 212 g/mol. The topological polar surface area (TPSA) is 34.9 Å². The molecule has 0 aliphatic heterocycles. The Hall–Kier alpha value is -1.12. The molecule has 0 aromatic carbocycles. The van der Waals surface area contributed by atoms with Gasteiger partial charge in [0.25, 0.3) is 0 Å². The van der Waals surface area contributed by atoms with Crippen LogP contribution in [0.2, 0.25) is 0 Å². The summed E-state index contributed by atoms with van der Waals surface area (Å²) in [5, 5.41) is 0. The first kappa shape index (κ1) is 13.9. The van der Waals surface area contributed by atoms with Crippen molar-refractivity contribution in [3.63, 3.8) is 0 Å². The number of hydrogen-bond donors (Lipinski definition) is 0. The van der Waals surface area contributed by atoms with E-state index in [-0.39, 0.29) is 5.69 Å². The van der Waals surface area contributed by atoms with Crippen LogP contribution in [0.25, 0.3) is 0 Å². The average molecular weight is 236 g/mol. The molecule has 0 bridgehead atoms. The van der Waals surface area contributed by atoms with Gasteiger partial charge in [-0.15, -0.1) is 0 Å². The Bertz CT molecular complexity index is 346. The van der Waals surface area contributed by atoms with E-state index in [4.69, 9.17) is 0 Å². The molecule has 0 amide bonds. The van der Waals surface area contributed by atoms with Gasteiger partial charge in [0.2, 0.25) is 0 Å². The van der Waals surface area contributed by atoms with E-state index in [1.54, 1.807) is 10.8 Å². The standard InChI is InChI=1S/C14H24N2O/c1-2-3-4-5-6-7-8-9-12-16-13-10-11-15-14(16)17/h10-11,13H,2-9,12H2,1H3. The Morgan fingerprint density at radius 1 is 1.06 bits per heavy atom. The molecule has 1 aromatic rings. The lowest BCUT2D eigenvalue weighted by Crippen LogP contribution is -2.21. The predicted octanol–water partition coefficient (Wildman–Crippen LogP) is 3.38. The summed E-state index contributed by atoms with van der Waals surface area (Å²) in [5.41, 5.74) is -0.129. The molecule has 0 radical (unpaired) electrons. The van der Waals surface area contributed by atoms with Crippen LogP contribution in [0, 0.1) is 0 Å². The maximum Gasteiger partial charge on any atom is 0.347 e. The third kappa shape index (κ3) is 6.25. The Labute approximate surface area is 104 Å². The highest BCUT2D eigenvalue weighted by Crippen LogP contribution is 2.08. The minimum atomic E-state index is -0.129. The molecule has 0 saturated heterocycles. The molecule has 0 atom stereocenters. The van der Waals surface area contributed by atoms with Crippen molar-refractivity contribution in [1.29, 1.82) is 0 Å². The van der Waals surface area contributed by atoms with Crippen molar-refractivity contribution < 1.29 is 0 Å². The molecule has 1 aromatic heterocycles. The predicted molar refractivity (Wildman–Crippen MR) is 71.1 cm³/mol. The van der Waals surface area contributed by atoms with Gasteiger partial charge in [0, 0.05) is 18.9 Å². The van der Waals surface area contributed by atoms with Crippen molar-refractivity contribution >= 4 is 0 Å². The van der Waals surface area contributed by atoms with Crippen LogP contribution in [0.4, 0.5) is 0 Å². The number of nitrogens with zero attached hydrogens (tertiary/aromatic N) is 2. The van der Waals surface area contributed by atoms with Crippen LogP contribution in [0.15, 0.2) is 23.3 Å². The summed E-state index contributed by atoms with van der Waals surface area (Å²) in [4.78, 5) is 15.0. The molecule has 0 N–H and O–H groups in total. The van der Waals surface area contributed by atoms with Crippen molar-refractivity contribution in [2.24, 2.45) is 0 Å². The molecule has 1 rings (SSSR count). The van der Waals surface area contributed by atoms with Crippen LogP contribution >= 0.6 is 0 Å². The van der Waals surface area contributed by atoms with Gasteiger partial charge in [0.05, 0.1) is 0 Å². The Morgan fingerprint density at radius 3 is 2.35 bits per heavy atom. The monoisotopic (exact) mass is 236 g/mol. The summed E-state index contributed by atoms with van der Waals surface area (Å²) in [7, 11) is 0. The van der Waals surface area contributed by atoms with Crippen molar-refractivity contribution in [2.45, 2.75) is 64.8 Å². The second-order valence-electron chi connectivity index (χ2n) is 4.57. The lowest BCUT2D eigenvalue weighted by Gasteiger charge is -2.04. The minimum Gasteiger partial charge on any atom is -0.299 e. The van der Waals surface area contributed by atoms with E-state index in [0.29, 0.717) is 0 Å². The fourth-order valence-corrected chi connectivity index (χ4v) is 1.97. The first-order chi connectivity index (χ1) is 8.34. The van der Waals surface area contributed by atoms with Gasteiger partial charge in [0.1, 0.15) is 0 Å². The number of aromatic nitrogens is 2. The van der Waals surface area contributed by atoms with Crippen LogP contribution in [0.5, 0.6) is 0 Å². The van der Waals surface area contributed by atoms with Gasteiger partial charge >= 0.3 is 5.69 Å². The SMILES string of the molecule is CCCCCCCCCCn1cccnc1=O. The molecular formula is C14H24N2O. The number of aryl methyl sites for hydroxylation is 1. The van der Waals surface area contributed by atoms with Crippen LogP contribution in [0.1, 0.15) is 58.3 Å². The molecule has 0 aliphatic rings. The second kappa shape index (κ2) is 8.97. The second-order valence-corrected chi connectivity index (χ2v) is 4.57. The molecule has 0 fully saturated rings. The zero-order valence-corrected chi connectivity index (χ0v) is 10.9. The quantitative estimate of drug-likeness (QED) is 0.616. The maximum atomic E-state index is 11.3. The van der Waals surface area contributed by atoms with E-state index in [2.05, 4.69) is 11.9 Å². The first-order valence-electron chi connectivity index (χ1n) is 6.86. The van der Waals surface area contributed by atoms with Crippen molar-refractivity contribution in [1.82, 2.24) is 9.55 Å². The zero-order chi connectivity index (χ0) is 12.3. The van der Waals surface area contributed by atoms with E-state index < -0.39 is 0 Å². The lowest BCUT2D eigenvalue weighted by atomic mass is 10.1. The third-order valence-electron chi connectivity index (χ3n) is 3.04. The number of unbranched alkanes of at least 4 members (excludes halogenated alkanes) is 7. The summed E-state index contributed by atoms with van der Waals surface area (Å²) in [6.07, 6.45) is 13.7. The lowest BCUT2D eigenvalue weighted by molar-refractivity contribution is 0.533. The summed E-state index contributed by atoms with van der Waals surface area (Å²) >= 11 is 0. The fourth-order valence-electron chi connectivity index (χ4n) is 1.97. The molecule has 0 saturated carbocycles. The van der Waals surface area contributed by atoms with Crippen LogP contribution < -0.4 is 5.69 Å². The van der Waals surface area contributed by atoms with E-state index in [9.17, 15) is 4.79 Å². The van der Waals surface area contributed by atoms with Gasteiger partial charge in [-0.3, -0.25) is 4.57 Å². The highest BCUT2D eigenvalue weighted by atomic mass is 16.1. The van der Waals surface area contributed by atoms with Gasteiger partial charge in [-0.2, -0.15) is 0 Å². The maximum absolute atomic E-state index is 11.3. The van der Waals surface area contributed by atoms with Gasteiger partial charge in [-0.25, -0.2) is 9.78 Å². The van der Waals surface area contributed by atoms with Crippen molar-refractivity contribution in [3.05, 3.63) is 28.9 Å². The van der Waals surface area contributed by atoms with Gasteiger partial charge in [0.15, 0.2) is 0 Å². The smallest absolute Gasteiger partial charge is 0.299 e.